The summed E-state index contributed by atoms with van der Waals surface area (Å²) in [6, 6.07) is 0. The molecular weight excluding hydrogens is 193 g/mol. The van der Waals surface area contributed by atoms with Crippen LogP contribution in [0, 0.1) is 13.8 Å². The van der Waals surface area contributed by atoms with Gasteiger partial charge in [-0.05, 0) is 34.6 Å². The first-order valence-electron chi connectivity index (χ1n) is 5.18. The zero-order chi connectivity index (χ0) is 11.2. The lowest BCUT2D eigenvalue weighted by Gasteiger charge is -2.21. The number of aromatic nitrogens is 1. The summed E-state index contributed by atoms with van der Waals surface area (Å²) in [5.41, 5.74) is 1.50. The van der Waals surface area contributed by atoms with Crippen LogP contribution in [0.5, 0.6) is 0 Å². The molecule has 0 saturated carbocycles. The van der Waals surface area contributed by atoms with Crippen LogP contribution in [0.1, 0.15) is 32.2 Å². The van der Waals surface area contributed by atoms with Crippen LogP contribution in [-0.2, 0) is 9.31 Å². The second kappa shape index (κ2) is 3.35. The monoisotopic (exact) mass is 209 g/mol. The molecule has 1 saturated heterocycles. The predicted octanol–water partition coefficient (Wildman–Crippen LogP) is 1.20. The van der Waals surface area contributed by atoms with Gasteiger partial charge < -0.3 is 13.8 Å². The lowest BCUT2D eigenvalue weighted by Crippen LogP contribution is -2.36. The van der Waals surface area contributed by atoms with Crippen molar-refractivity contribution in [2.75, 3.05) is 0 Å². The highest BCUT2D eigenvalue weighted by Gasteiger charge is 2.46. The Morgan fingerprint density at radius 3 is 2.40 bits per heavy atom. The minimum Gasteiger partial charge on any atom is -0.402 e. The molecule has 82 valence electrons. The molecule has 0 radical (unpaired) electrons. The Labute approximate surface area is 90.1 Å². The summed E-state index contributed by atoms with van der Waals surface area (Å²) in [7, 11) is -0.346. The fourth-order valence-electron chi connectivity index (χ4n) is 1.70. The number of hydrogen-bond acceptors (Lipinski definition) is 4. The van der Waals surface area contributed by atoms with E-state index in [9.17, 15) is 0 Å². The van der Waals surface area contributed by atoms with E-state index >= 15 is 0 Å². The summed E-state index contributed by atoms with van der Waals surface area (Å²) < 4.78 is 16.7. The second-order valence-corrected chi connectivity index (χ2v) is 4.57. The first kappa shape index (κ1) is 10.7. The fraction of sp³-hybridized carbons (Fsp3) is 0.700. The zero-order valence-corrected chi connectivity index (χ0v) is 9.83. The van der Waals surface area contributed by atoms with E-state index in [0.717, 1.165) is 16.9 Å². The van der Waals surface area contributed by atoms with Gasteiger partial charge in [0.1, 0.15) is 5.76 Å². The lowest BCUT2D eigenvalue weighted by molar-refractivity contribution is 0.0842. The largest absolute Gasteiger partial charge is 0.500 e. The van der Waals surface area contributed by atoms with Crippen LogP contribution in [0.25, 0.3) is 0 Å². The van der Waals surface area contributed by atoms with E-state index < -0.39 is 0 Å². The van der Waals surface area contributed by atoms with Crippen LogP contribution < -0.4 is 5.46 Å². The third-order valence-electron chi connectivity index (χ3n) is 3.04. The maximum absolute atomic E-state index is 5.84. The van der Waals surface area contributed by atoms with Gasteiger partial charge in [-0.2, -0.15) is 0 Å². The molecule has 2 rings (SSSR count). The molecule has 4 nitrogen and oxygen atoms in total. The first-order valence-corrected chi connectivity index (χ1v) is 5.18. The third-order valence-corrected chi connectivity index (χ3v) is 3.04. The van der Waals surface area contributed by atoms with Crippen molar-refractivity contribution in [3.05, 3.63) is 11.5 Å². The Bertz CT molecular complexity index is 355. The van der Waals surface area contributed by atoms with Crippen molar-refractivity contribution >= 4 is 12.6 Å². The molecule has 1 aliphatic heterocycles. The number of aryl methyl sites for hydroxylation is 2. The highest BCUT2D eigenvalue weighted by Crippen LogP contribution is 2.27. The topological polar surface area (TPSA) is 44.5 Å². The van der Waals surface area contributed by atoms with Gasteiger partial charge in [0.15, 0.2) is 0 Å². The molecule has 0 bridgehead atoms. The highest BCUT2D eigenvalue weighted by atomic mass is 16.7. The Kier molecular flexibility index (Phi) is 2.39. The standard InChI is InChI=1S/C10H16BNO3/c1-6-9(7(2)14-12-6)11-13-8(3)10(4,5)15-11/h8H,1-5H3. The van der Waals surface area contributed by atoms with Crippen molar-refractivity contribution in [3.63, 3.8) is 0 Å². The van der Waals surface area contributed by atoms with Crippen molar-refractivity contribution < 1.29 is 13.8 Å². The third kappa shape index (κ3) is 1.70. The molecule has 0 spiro atoms. The van der Waals surface area contributed by atoms with Crippen molar-refractivity contribution in [3.8, 4) is 0 Å². The van der Waals surface area contributed by atoms with E-state index in [1.54, 1.807) is 0 Å². The van der Waals surface area contributed by atoms with Gasteiger partial charge in [-0.25, -0.2) is 0 Å². The van der Waals surface area contributed by atoms with Crippen LogP contribution in [0.2, 0.25) is 0 Å². The van der Waals surface area contributed by atoms with Gasteiger partial charge in [0.25, 0.3) is 0 Å². The Morgan fingerprint density at radius 1 is 1.33 bits per heavy atom. The molecule has 5 heteroatoms. The summed E-state index contributed by atoms with van der Waals surface area (Å²) in [5, 5.41) is 3.90. The molecule has 0 aromatic carbocycles. The molecular formula is C10H16BNO3. The Hall–Kier alpha value is -0.805. The SMILES string of the molecule is Cc1noc(C)c1B1OC(C)C(C)(C)O1. The van der Waals surface area contributed by atoms with Crippen molar-refractivity contribution in [1.82, 2.24) is 5.16 Å². The van der Waals surface area contributed by atoms with Crippen LogP contribution in [0.3, 0.4) is 0 Å². The number of rotatable bonds is 1. The Balaban J connectivity index is 2.28. The van der Waals surface area contributed by atoms with Crippen molar-refractivity contribution in [1.29, 1.82) is 0 Å². The molecule has 1 fully saturated rings. The first-order chi connectivity index (χ1) is 6.92. The van der Waals surface area contributed by atoms with Crippen molar-refractivity contribution in [2.45, 2.75) is 46.3 Å². The fourth-order valence-corrected chi connectivity index (χ4v) is 1.70. The van der Waals surface area contributed by atoms with Gasteiger partial charge in [-0.15, -0.1) is 0 Å². The van der Waals surface area contributed by atoms with Gasteiger partial charge in [-0.1, -0.05) is 5.16 Å². The van der Waals surface area contributed by atoms with E-state index in [1.807, 2.05) is 34.6 Å². The molecule has 15 heavy (non-hydrogen) atoms. The van der Waals surface area contributed by atoms with Crippen LogP contribution in [0.4, 0.5) is 0 Å². The van der Waals surface area contributed by atoms with E-state index in [-0.39, 0.29) is 18.8 Å². The number of hydrogen-bond donors (Lipinski definition) is 0. The molecule has 1 aliphatic rings. The minimum absolute atomic E-state index is 0.0659. The predicted molar refractivity (Wildman–Crippen MR) is 57.1 cm³/mol. The summed E-state index contributed by atoms with van der Waals surface area (Å²) in [6.07, 6.45) is 0.0659. The maximum Gasteiger partial charge on any atom is 0.500 e. The molecule has 1 aromatic heterocycles. The van der Waals surface area contributed by atoms with Gasteiger partial charge >= 0.3 is 7.12 Å². The summed E-state index contributed by atoms with van der Waals surface area (Å²) in [4.78, 5) is 0. The average Bonchev–Trinajstić information content (AvgIpc) is 2.55. The van der Waals surface area contributed by atoms with Crippen LogP contribution >= 0.6 is 0 Å². The molecule has 0 N–H and O–H groups in total. The zero-order valence-electron chi connectivity index (χ0n) is 9.83. The molecule has 2 heterocycles. The maximum atomic E-state index is 5.84. The Morgan fingerprint density at radius 2 is 2.00 bits per heavy atom. The second-order valence-electron chi connectivity index (χ2n) is 4.57. The molecule has 0 amide bonds. The van der Waals surface area contributed by atoms with E-state index in [1.165, 1.54) is 0 Å². The summed E-state index contributed by atoms with van der Waals surface area (Å²) in [5.74, 6) is 0.766. The van der Waals surface area contributed by atoms with Crippen molar-refractivity contribution in [2.24, 2.45) is 0 Å². The van der Waals surface area contributed by atoms with Crippen LogP contribution in [-0.4, -0.2) is 24.0 Å². The van der Waals surface area contributed by atoms with Gasteiger partial charge in [0, 0.05) is 5.46 Å². The quantitative estimate of drug-likeness (QED) is 0.652. The molecule has 1 unspecified atom stereocenters. The van der Waals surface area contributed by atoms with Gasteiger partial charge in [0.2, 0.25) is 0 Å². The lowest BCUT2D eigenvalue weighted by atomic mass is 9.77. The molecule has 0 aliphatic carbocycles. The minimum atomic E-state index is -0.346. The number of nitrogens with zero attached hydrogens (tertiary/aromatic N) is 1. The van der Waals surface area contributed by atoms with Gasteiger partial charge in [0.05, 0.1) is 17.4 Å². The molecule has 1 aromatic rings. The van der Waals surface area contributed by atoms with Crippen LogP contribution in [0.15, 0.2) is 4.52 Å². The normalized spacial score (nSPS) is 24.9. The smallest absolute Gasteiger partial charge is 0.402 e. The van der Waals surface area contributed by atoms with E-state index in [0.29, 0.717) is 0 Å². The highest BCUT2D eigenvalue weighted by molar-refractivity contribution is 6.62. The average molecular weight is 209 g/mol. The van der Waals surface area contributed by atoms with E-state index in [2.05, 4.69) is 5.16 Å². The summed E-state index contributed by atoms with van der Waals surface area (Å²) >= 11 is 0. The molecule has 1 atom stereocenters. The summed E-state index contributed by atoms with van der Waals surface area (Å²) in [6.45, 7) is 9.83. The van der Waals surface area contributed by atoms with E-state index in [4.69, 9.17) is 13.8 Å². The van der Waals surface area contributed by atoms with Gasteiger partial charge in [-0.3, -0.25) is 0 Å².